The van der Waals surface area contributed by atoms with Gasteiger partial charge < -0.3 is 15.1 Å². The van der Waals surface area contributed by atoms with Gasteiger partial charge in [0.2, 0.25) is 0 Å². The Bertz CT molecular complexity index is 515. The van der Waals surface area contributed by atoms with Crippen molar-refractivity contribution in [3.63, 3.8) is 0 Å². The van der Waals surface area contributed by atoms with Crippen LogP contribution in [-0.2, 0) is 6.54 Å². The fourth-order valence-electron chi connectivity index (χ4n) is 2.62. The van der Waals surface area contributed by atoms with Crippen LogP contribution < -0.4 is 5.32 Å². The molecule has 0 radical (unpaired) electrons. The molecule has 0 spiro atoms. The smallest absolute Gasteiger partial charge is 0.193 e. The minimum atomic E-state index is 0. The highest BCUT2D eigenvalue weighted by molar-refractivity contribution is 14.0. The van der Waals surface area contributed by atoms with E-state index in [0.29, 0.717) is 0 Å². The maximum atomic E-state index is 6.00. The molecule has 8 heteroatoms. The van der Waals surface area contributed by atoms with E-state index in [0.717, 1.165) is 23.4 Å². The molecule has 0 bridgehead atoms. The maximum absolute atomic E-state index is 6.00. The Labute approximate surface area is 170 Å². The van der Waals surface area contributed by atoms with Crippen molar-refractivity contribution in [2.24, 2.45) is 4.99 Å². The Balaban J connectivity index is 0.00000264. The number of rotatable bonds is 5. The third kappa shape index (κ3) is 5.66. The van der Waals surface area contributed by atoms with Crippen molar-refractivity contribution in [1.82, 2.24) is 15.1 Å². The fourth-order valence-corrected chi connectivity index (χ4v) is 5.31. The molecule has 4 nitrogen and oxygen atoms in total. The summed E-state index contributed by atoms with van der Waals surface area (Å²) in [6, 6.07) is 4.02. The molecular weight excluding hydrogens is 463 g/mol. The summed E-state index contributed by atoms with van der Waals surface area (Å²) in [5.74, 6) is 3.35. The molecule has 0 saturated carbocycles. The second-order valence-electron chi connectivity index (χ2n) is 5.88. The first kappa shape index (κ1) is 21.3. The number of halogens is 2. The van der Waals surface area contributed by atoms with E-state index in [-0.39, 0.29) is 29.5 Å². The number of likely N-dealkylation sites (N-methyl/N-ethyl adjacent to an activating group) is 1. The first-order valence-electron chi connectivity index (χ1n) is 7.38. The Morgan fingerprint density at radius 1 is 1.39 bits per heavy atom. The van der Waals surface area contributed by atoms with Crippen LogP contribution in [0, 0.1) is 0 Å². The molecule has 1 aromatic heterocycles. The number of hydrogen-bond acceptors (Lipinski definition) is 4. The molecule has 1 N–H and O–H groups in total. The highest BCUT2D eigenvalue weighted by Gasteiger charge is 2.36. The van der Waals surface area contributed by atoms with Gasteiger partial charge in [0, 0.05) is 36.8 Å². The van der Waals surface area contributed by atoms with Gasteiger partial charge in [0.1, 0.15) is 0 Å². The lowest BCUT2D eigenvalue weighted by Crippen LogP contribution is -2.54. The Kier molecular flexibility index (Phi) is 9.00. The normalized spacial score (nSPS) is 21.4. The number of thiophene rings is 1. The summed E-state index contributed by atoms with van der Waals surface area (Å²) in [5.41, 5.74) is 0.230. The van der Waals surface area contributed by atoms with E-state index in [1.165, 1.54) is 22.8 Å². The quantitative estimate of drug-likeness (QED) is 0.391. The molecule has 1 aliphatic rings. The van der Waals surface area contributed by atoms with E-state index >= 15 is 0 Å². The summed E-state index contributed by atoms with van der Waals surface area (Å²) < 4.78 is 0.834. The van der Waals surface area contributed by atoms with Gasteiger partial charge in [0.15, 0.2) is 5.96 Å². The first-order valence-corrected chi connectivity index (χ1v) is 9.73. The molecular formula is C15H26ClIN4S2. The van der Waals surface area contributed by atoms with Crippen LogP contribution in [0.2, 0.25) is 4.34 Å². The monoisotopic (exact) mass is 488 g/mol. The molecule has 0 aromatic carbocycles. The van der Waals surface area contributed by atoms with Crippen molar-refractivity contribution in [3.05, 3.63) is 21.3 Å². The molecule has 1 unspecified atom stereocenters. The molecule has 1 saturated heterocycles. The van der Waals surface area contributed by atoms with Gasteiger partial charge in [-0.15, -0.1) is 35.3 Å². The number of hydrogen-bond donors (Lipinski definition) is 1. The molecule has 1 aliphatic heterocycles. The number of thioether (sulfide) groups is 1. The van der Waals surface area contributed by atoms with Crippen LogP contribution in [0.5, 0.6) is 0 Å². The molecule has 1 fully saturated rings. The Hall–Kier alpha value is 0.300. The van der Waals surface area contributed by atoms with E-state index in [9.17, 15) is 0 Å². The number of aliphatic imine (C=N–C) groups is 1. The van der Waals surface area contributed by atoms with Gasteiger partial charge in [-0.25, -0.2) is 0 Å². The van der Waals surface area contributed by atoms with Crippen LogP contribution in [0.4, 0.5) is 0 Å². The predicted molar refractivity (Wildman–Crippen MR) is 116 cm³/mol. The summed E-state index contributed by atoms with van der Waals surface area (Å²) in [7, 11) is 8.25. The molecule has 0 amide bonds. The van der Waals surface area contributed by atoms with Crippen LogP contribution in [0.25, 0.3) is 0 Å². The average Bonchev–Trinajstić information content (AvgIpc) is 3.09. The summed E-state index contributed by atoms with van der Waals surface area (Å²) in [6.45, 7) is 1.75. The molecule has 2 heterocycles. The lowest BCUT2D eigenvalue weighted by molar-refractivity contribution is 0.181. The van der Waals surface area contributed by atoms with E-state index in [1.54, 1.807) is 11.3 Å². The van der Waals surface area contributed by atoms with Gasteiger partial charge in [-0.05, 0) is 38.4 Å². The lowest BCUT2D eigenvalue weighted by atomic mass is 9.97. The number of nitrogens with zero attached hydrogens (tertiary/aromatic N) is 3. The summed E-state index contributed by atoms with van der Waals surface area (Å²) in [5, 5.41) is 3.55. The Morgan fingerprint density at radius 3 is 2.61 bits per heavy atom. The Morgan fingerprint density at radius 2 is 2.13 bits per heavy atom. The third-order valence-electron chi connectivity index (χ3n) is 4.20. The van der Waals surface area contributed by atoms with Crippen LogP contribution in [0.1, 0.15) is 11.3 Å². The van der Waals surface area contributed by atoms with Crippen molar-refractivity contribution < 1.29 is 0 Å². The minimum absolute atomic E-state index is 0. The summed E-state index contributed by atoms with van der Waals surface area (Å²) in [6.07, 6.45) is 1.22. The van der Waals surface area contributed by atoms with Crippen LogP contribution in [0.3, 0.4) is 0 Å². The van der Waals surface area contributed by atoms with Crippen molar-refractivity contribution in [3.8, 4) is 0 Å². The van der Waals surface area contributed by atoms with E-state index < -0.39 is 0 Å². The van der Waals surface area contributed by atoms with Gasteiger partial charge in [-0.1, -0.05) is 11.6 Å². The van der Waals surface area contributed by atoms with Crippen molar-refractivity contribution in [2.75, 3.05) is 46.2 Å². The van der Waals surface area contributed by atoms with Crippen molar-refractivity contribution >= 4 is 64.6 Å². The number of nitrogens with one attached hydrogen (secondary N) is 1. The zero-order chi connectivity index (χ0) is 16.2. The third-order valence-corrected chi connectivity index (χ3v) is 6.65. The first-order chi connectivity index (χ1) is 10.5. The largest absolute Gasteiger partial charge is 0.354 e. The SMILES string of the molecule is CN=C(NCC1(N(C)C)CCSC1)N(C)Cc1ccc(Cl)s1.I. The van der Waals surface area contributed by atoms with E-state index in [4.69, 9.17) is 11.6 Å². The van der Waals surface area contributed by atoms with Crippen molar-refractivity contribution in [2.45, 2.75) is 18.5 Å². The number of guanidine groups is 1. The zero-order valence-electron chi connectivity index (χ0n) is 14.1. The molecule has 1 atom stereocenters. The van der Waals surface area contributed by atoms with Crippen molar-refractivity contribution in [1.29, 1.82) is 0 Å². The fraction of sp³-hybridized carbons (Fsp3) is 0.667. The highest BCUT2D eigenvalue weighted by Crippen LogP contribution is 2.31. The molecule has 23 heavy (non-hydrogen) atoms. The van der Waals surface area contributed by atoms with Crippen LogP contribution >= 0.6 is 58.7 Å². The molecule has 0 aliphatic carbocycles. The standard InChI is InChI=1S/C15H25ClN4S2.HI/c1-17-14(20(4)9-12-5-6-13(16)22-12)18-10-15(19(2)3)7-8-21-11-15;/h5-6H,7-11H2,1-4H3,(H,17,18);1H. The van der Waals surface area contributed by atoms with Gasteiger partial charge in [0.05, 0.1) is 10.9 Å². The van der Waals surface area contributed by atoms with Crippen LogP contribution in [0.15, 0.2) is 17.1 Å². The average molecular weight is 489 g/mol. The van der Waals surface area contributed by atoms with E-state index in [1.807, 2.05) is 24.9 Å². The second-order valence-corrected chi connectivity index (χ2v) is 8.79. The lowest BCUT2D eigenvalue weighted by Gasteiger charge is -2.37. The predicted octanol–water partition coefficient (Wildman–Crippen LogP) is 3.46. The maximum Gasteiger partial charge on any atom is 0.193 e. The molecule has 1 aromatic rings. The van der Waals surface area contributed by atoms with Gasteiger partial charge in [-0.3, -0.25) is 4.99 Å². The second kappa shape index (κ2) is 9.70. The zero-order valence-corrected chi connectivity index (χ0v) is 18.9. The summed E-state index contributed by atoms with van der Waals surface area (Å²) in [4.78, 5) is 10.2. The minimum Gasteiger partial charge on any atom is -0.354 e. The molecule has 2 rings (SSSR count). The van der Waals surface area contributed by atoms with Crippen LogP contribution in [-0.4, -0.2) is 67.5 Å². The van der Waals surface area contributed by atoms with Gasteiger partial charge in [-0.2, -0.15) is 11.8 Å². The molecule has 132 valence electrons. The van der Waals surface area contributed by atoms with Gasteiger partial charge in [0.25, 0.3) is 0 Å². The topological polar surface area (TPSA) is 30.9 Å². The summed E-state index contributed by atoms with van der Waals surface area (Å²) >= 11 is 9.66. The highest BCUT2D eigenvalue weighted by atomic mass is 127. The van der Waals surface area contributed by atoms with Gasteiger partial charge >= 0.3 is 0 Å². The van der Waals surface area contributed by atoms with E-state index in [2.05, 4.69) is 47.3 Å².